The Morgan fingerprint density at radius 2 is 1.89 bits per heavy atom. The minimum atomic E-state index is -1.05. The van der Waals surface area contributed by atoms with Crippen LogP contribution in [0.4, 0.5) is 0 Å². The van der Waals surface area contributed by atoms with Gasteiger partial charge in [0.1, 0.15) is 6.04 Å². The van der Waals surface area contributed by atoms with E-state index in [0.717, 1.165) is 5.56 Å². The van der Waals surface area contributed by atoms with Crippen molar-refractivity contribution in [1.82, 2.24) is 5.32 Å². The van der Waals surface area contributed by atoms with Crippen molar-refractivity contribution in [3.63, 3.8) is 0 Å². The lowest BCUT2D eigenvalue weighted by Crippen LogP contribution is -2.39. The van der Waals surface area contributed by atoms with Gasteiger partial charge < -0.3 is 10.4 Å². The number of nitrogens with one attached hydrogen (secondary N) is 1. The van der Waals surface area contributed by atoms with E-state index in [1.54, 1.807) is 18.2 Å². The molecule has 1 aromatic carbocycles. The first-order chi connectivity index (χ1) is 8.88. The average molecular weight is 302 g/mol. The molecule has 0 spiro atoms. The summed E-state index contributed by atoms with van der Waals surface area (Å²) in [4.78, 5) is 22.5. The molecular weight excluding hydrogens is 289 g/mol. The second-order valence-electron chi connectivity index (χ2n) is 4.72. The molecule has 0 aliphatic heterocycles. The molecule has 2 rings (SSSR count). The fourth-order valence-corrected chi connectivity index (χ4v) is 2.57. The largest absolute Gasteiger partial charge is 0.480 e. The van der Waals surface area contributed by atoms with Crippen molar-refractivity contribution in [2.75, 3.05) is 0 Å². The van der Waals surface area contributed by atoms with Gasteiger partial charge in [-0.2, -0.15) is 0 Å². The highest BCUT2D eigenvalue weighted by Gasteiger charge is 2.44. The maximum absolute atomic E-state index is 11.8. The van der Waals surface area contributed by atoms with Gasteiger partial charge in [0.25, 0.3) is 0 Å². The van der Waals surface area contributed by atoms with Crippen molar-refractivity contribution in [2.24, 2.45) is 5.92 Å². The number of rotatable bonds is 4. The number of carbonyl (C=O) groups excluding carboxylic acids is 1. The fourth-order valence-electron chi connectivity index (χ4n) is 2.02. The van der Waals surface area contributed by atoms with Crippen LogP contribution in [0, 0.1) is 5.92 Å². The molecule has 0 radical (unpaired) electrons. The molecule has 1 aromatic rings. The maximum Gasteiger partial charge on any atom is 0.325 e. The van der Waals surface area contributed by atoms with Crippen LogP contribution in [0.3, 0.4) is 0 Å². The summed E-state index contributed by atoms with van der Waals surface area (Å²) in [6.07, 6.45) is 0.689. The average Bonchev–Trinajstić information content (AvgIpc) is 3.07. The Balaban J connectivity index is 2.00. The van der Waals surface area contributed by atoms with E-state index >= 15 is 0 Å². The zero-order chi connectivity index (χ0) is 14.2. The van der Waals surface area contributed by atoms with Crippen molar-refractivity contribution in [2.45, 2.75) is 25.3 Å². The zero-order valence-corrected chi connectivity index (χ0v) is 11.7. The van der Waals surface area contributed by atoms with E-state index in [0.29, 0.717) is 16.5 Å². The van der Waals surface area contributed by atoms with Gasteiger partial charge in [-0.1, -0.05) is 23.2 Å². The van der Waals surface area contributed by atoms with Gasteiger partial charge >= 0.3 is 5.97 Å². The zero-order valence-electron chi connectivity index (χ0n) is 10.2. The third-order valence-corrected chi connectivity index (χ3v) is 3.61. The van der Waals surface area contributed by atoms with Crippen LogP contribution in [-0.4, -0.2) is 23.0 Å². The Labute approximate surface area is 120 Å². The molecule has 1 fully saturated rings. The monoisotopic (exact) mass is 301 g/mol. The predicted octanol–water partition coefficient (Wildman–Crippen LogP) is 2.69. The SMILES string of the molecule is C[C@H](NC(=O)C1CC1c1cc(Cl)cc(Cl)c1)C(=O)O. The lowest BCUT2D eigenvalue weighted by Gasteiger charge is -2.09. The minimum Gasteiger partial charge on any atom is -0.480 e. The van der Waals surface area contributed by atoms with Gasteiger partial charge in [0, 0.05) is 16.0 Å². The van der Waals surface area contributed by atoms with Gasteiger partial charge in [-0.05, 0) is 43.0 Å². The van der Waals surface area contributed by atoms with Gasteiger partial charge in [0.15, 0.2) is 0 Å². The van der Waals surface area contributed by atoms with Crippen LogP contribution in [0.25, 0.3) is 0 Å². The third kappa shape index (κ3) is 3.39. The van der Waals surface area contributed by atoms with Crippen LogP contribution >= 0.6 is 23.2 Å². The number of amides is 1. The van der Waals surface area contributed by atoms with Crippen LogP contribution in [0.15, 0.2) is 18.2 Å². The van der Waals surface area contributed by atoms with E-state index in [9.17, 15) is 9.59 Å². The van der Waals surface area contributed by atoms with Crippen LogP contribution in [0.5, 0.6) is 0 Å². The van der Waals surface area contributed by atoms with Gasteiger partial charge in [-0.15, -0.1) is 0 Å². The van der Waals surface area contributed by atoms with Gasteiger partial charge in [-0.3, -0.25) is 9.59 Å². The lowest BCUT2D eigenvalue weighted by atomic mass is 10.1. The minimum absolute atomic E-state index is 0.0668. The summed E-state index contributed by atoms with van der Waals surface area (Å²) < 4.78 is 0. The number of halogens is 2. The summed E-state index contributed by atoms with van der Waals surface area (Å²) in [5.74, 6) is -1.42. The molecule has 2 unspecified atom stereocenters. The number of benzene rings is 1. The smallest absolute Gasteiger partial charge is 0.325 e. The molecule has 6 heteroatoms. The molecule has 2 N–H and O–H groups in total. The Morgan fingerprint density at radius 1 is 1.32 bits per heavy atom. The molecular formula is C13H13Cl2NO3. The highest BCUT2D eigenvalue weighted by molar-refractivity contribution is 6.34. The number of carboxylic acids is 1. The fraction of sp³-hybridized carbons (Fsp3) is 0.385. The molecule has 19 heavy (non-hydrogen) atoms. The van der Waals surface area contributed by atoms with Crippen molar-refractivity contribution in [1.29, 1.82) is 0 Å². The van der Waals surface area contributed by atoms with E-state index in [1.165, 1.54) is 6.92 Å². The van der Waals surface area contributed by atoms with Crippen LogP contribution in [-0.2, 0) is 9.59 Å². The van der Waals surface area contributed by atoms with Crippen molar-refractivity contribution in [3.05, 3.63) is 33.8 Å². The molecule has 0 aromatic heterocycles. The Morgan fingerprint density at radius 3 is 2.42 bits per heavy atom. The highest BCUT2D eigenvalue weighted by atomic mass is 35.5. The summed E-state index contributed by atoms with van der Waals surface area (Å²) in [6, 6.07) is 4.32. The second kappa shape index (κ2) is 5.39. The van der Waals surface area contributed by atoms with Crippen molar-refractivity contribution < 1.29 is 14.7 Å². The molecule has 0 heterocycles. The molecule has 3 atom stereocenters. The Bertz CT molecular complexity index is 512. The van der Waals surface area contributed by atoms with Crippen LogP contribution in [0.2, 0.25) is 10.0 Å². The normalized spacial score (nSPS) is 22.7. The van der Waals surface area contributed by atoms with E-state index < -0.39 is 12.0 Å². The summed E-state index contributed by atoms with van der Waals surface area (Å²) in [5.41, 5.74) is 0.917. The van der Waals surface area contributed by atoms with E-state index in [1.807, 2.05) is 0 Å². The standard InChI is InChI=1S/C13H13Cl2NO3/c1-6(13(18)19)16-12(17)11-5-10(11)7-2-8(14)4-9(15)3-7/h2-4,6,10-11H,5H2,1H3,(H,16,17)(H,18,19)/t6-,10?,11?/m0/s1. The molecule has 1 aliphatic carbocycles. The number of aliphatic carboxylic acids is 1. The van der Waals surface area contributed by atoms with Gasteiger partial charge in [0.2, 0.25) is 5.91 Å². The predicted molar refractivity (Wildman–Crippen MR) is 72.6 cm³/mol. The Kier molecular flexibility index (Phi) is 4.02. The topological polar surface area (TPSA) is 66.4 Å². The maximum atomic E-state index is 11.8. The first kappa shape index (κ1) is 14.2. The van der Waals surface area contributed by atoms with Gasteiger partial charge in [-0.25, -0.2) is 0 Å². The number of carbonyl (C=O) groups is 2. The summed E-state index contributed by atoms with van der Waals surface area (Å²) in [6.45, 7) is 1.44. The van der Waals surface area contributed by atoms with Gasteiger partial charge in [0.05, 0.1) is 0 Å². The lowest BCUT2D eigenvalue weighted by molar-refractivity contribution is -0.141. The molecule has 102 valence electrons. The van der Waals surface area contributed by atoms with Crippen LogP contribution < -0.4 is 5.32 Å². The number of hydrogen-bond donors (Lipinski definition) is 2. The summed E-state index contributed by atoms with van der Waals surface area (Å²) in [7, 11) is 0. The third-order valence-electron chi connectivity index (χ3n) is 3.17. The first-order valence-corrected chi connectivity index (χ1v) is 6.63. The second-order valence-corrected chi connectivity index (χ2v) is 5.59. The molecule has 0 saturated heterocycles. The molecule has 4 nitrogen and oxygen atoms in total. The molecule has 1 saturated carbocycles. The first-order valence-electron chi connectivity index (χ1n) is 5.87. The van der Waals surface area contributed by atoms with Crippen molar-refractivity contribution >= 4 is 35.1 Å². The number of hydrogen-bond acceptors (Lipinski definition) is 2. The van der Waals surface area contributed by atoms with Crippen molar-refractivity contribution in [3.8, 4) is 0 Å². The van der Waals surface area contributed by atoms with E-state index in [4.69, 9.17) is 28.3 Å². The molecule has 0 bridgehead atoms. The highest BCUT2D eigenvalue weighted by Crippen LogP contribution is 2.48. The Hall–Kier alpha value is -1.26. The van der Waals surface area contributed by atoms with E-state index in [2.05, 4.69) is 5.32 Å². The summed E-state index contributed by atoms with van der Waals surface area (Å²) >= 11 is 11.8. The quantitative estimate of drug-likeness (QED) is 0.898. The molecule has 1 amide bonds. The van der Waals surface area contributed by atoms with E-state index in [-0.39, 0.29) is 17.7 Å². The number of carboxylic acid groups (broad SMARTS) is 1. The summed E-state index contributed by atoms with van der Waals surface area (Å²) in [5, 5.41) is 12.3. The molecule has 1 aliphatic rings. The van der Waals surface area contributed by atoms with Crippen LogP contribution in [0.1, 0.15) is 24.8 Å².